The van der Waals surface area contributed by atoms with E-state index in [1.54, 1.807) is 11.9 Å². The minimum absolute atomic E-state index is 0.0359. The number of carbonyl (C=O) groups is 1. The van der Waals surface area contributed by atoms with Crippen molar-refractivity contribution >= 4 is 23.2 Å². The number of nitro benzene ring substituents is 1. The van der Waals surface area contributed by atoms with Gasteiger partial charge in [-0.3, -0.25) is 14.9 Å². The van der Waals surface area contributed by atoms with Crippen molar-refractivity contribution < 1.29 is 9.72 Å². The highest BCUT2D eigenvalue weighted by molar-refractivity contribution is 6.31. The molecule has 0 aliphatic rings. The van der Waals surface area contributed by atoms with Crippen molar-refractivity contribution in [2.45, 2.75) is 25.8 Å². The Morgan fingerprint density at radius 3 is 2.50 bits per heavy atom. The van der Waals surface area contributed by atoms with Gasteiger partial charge in [0.1, 0.15) is 0 Å². The Bertz CT molecular complexity index is 734. The van der Waals surface area contributed by atoms with Crippen molar-refractivity contribution in [1.29, 1.82) is 0 Å². The smallest absolute Gasteiger partial charge is 0.269 e. The third-order valence-electron chi connectivity index (χ3n) is 3.93. The predicted molar refractivity (Wildman–Crippen MR) is 94.1 cm³/mol. The van der Waals surface area contributed by atoms with Gasteiger partial charge in [-0.25, -0.2) is 0 Å². The normalized spacial score (nSPS) is 11.8. The number of nitro groups is 1. The zero-order chi connectivity index (χ0) is 17.7. The van der Waals surface area contributed by atoms with E-state index in [1.807, 2.05) is 37.3 Å². The van der Waals surface area contributed by atoms with Crippen LogP contribution in [0.3, 0.4) is 0 Å². The minimum atomic E-state index is -0.472. The number of benzene rings is 2. The molecule has 0 N–H and O–H groups in total. The lowest BCUT2D eigenvalue weighted by atomic mass is 9.95. The van der Waals surface area contributed by atoms with Gasteiger partial charge in [0.25, 0.3) is 5.69 Å². The Kier molecular flexibility index (Phi) is 5.93. The lowest BCUT2D eigenvalue weighted by Crippen LogP contribution is -2.31. The minimum Gasteiger partial charge on any atom is -0.341 e. The molecular weight excluding hydrogens is 328 g/mol. The van der Waals surface area contributed by atoms with Crippen LogP contribution in [-0.2, 0) is 11.3 Å². The average Bonchev–Trinajstić information content (AvgIpc) is 2.58. The highest BCUT2D eigenvalue weighted by Gasteiger charge is 2.23. The standard InChI is InChI=1S/C18H19ClN2O3/c1-3-16(13-7-5-4-6-8-13)18(22)20(2)12-14-11-15(21(23)24)9-10-17(14)19/h4-11,16H,3,12H2,1-2H3. The molecule has 1 amide bonds. The first-order chi connectivity index (χ1) is 11.4. The van der Waals surface area contributed by atoms with Gasteiger partial charge < -0.3 is 4.90 Å². The summed E-state index contributed by atoms with van der Waals surface area (Å²) in [6.07, 6.45) is 0.676. The fourth-order valence-electron chi connectivity index (χ4n) is 2.63. The SMILES string of the molecule is CCC(C(=O)N(C)Cc1cc([N+](=O)[O-])ccc1Cl)c1ccccc1. The van der Waals surface area contributed by atoms with Gasteiger partial charge in [-0.05, 0) is 23.6 Å². The van der Waals surface area contributed by atoms with Gasteiger partial charge in [0, 0.05) is 30.7 Å². The molecule has 1 unspecified atom stereocenters. The van der Waals surface area contributed by atoms with E-state index < -0.39 is 4.92 Å². The Morgan fingerprint density at radius 1 is 1.25 bits per heavy atom. The van der Waals surface area contributed by atoms with Crippen LogP contribution in [-0.4, -0.2) is 22.8 Å². The molecule has 0 radical (unpaired) electrons. The second-order valence-electron chi connectivity index (χ2n) is 5.60. The summed E-state index contributed by atoms with van der Waals surface area (Å²) in [6.45, 7) is 2.19. The van der Waals surface area contributed by atoms with Crippen molar-refractivity contribution in [3.63, 3.8) is 0 Å². The van der Waals surface area contributed by atoms with E-state index in [4.69, 9.17) is 11.6 Å². The molecule has 6 heteroatoms. The lowest BCUT2D eigenvalue weighted by Gasteiger charge is -2.24. The molecule has 0 aliphatic carbocycles. The van der Waals surface area contributed by atoms with E-state index in [0.29, 0.717) is 17.0 Å². The highest BCUT2D eigenvalue weighted by Crippen LogP contribution is 2.26. The molecule has 2 aromatic rings. The van der Waals surface area contributed by atoms with E-state index in [0.717, 1.165) is 5.56 Å². The summed E-state index contributed by atoms with van der Waals surface area (Å²) in [6, 6.07) is 13.8. The van der Waals surface area contributed by atoms with Gasteiger partial charge in [-0.15, -0.1) is 0 Å². The molecule has 0 fully saturated rings. The third kappa shape index (κ3) is 4.11. The van der Waals surface area contributed by atoms with Crippen molar-refractivity contribution in [1.82, 2.24) is 4.90 Å². The summed E-state index contributed by atoms with van der Waals surface area (Å²) in [5.74, 6) is -0.278. The fraction of sp³-hybridized carbons (Fsp3) is 0.278. The zero-order valence-corrected chi connectivity index (χ0v) is 14.4. The first-order valence-corrected chi connectivity index (χ1v) is 8.04. The van der Waals surface area contributed by atoms with E-state index >= 15 is 0 Å². The van der Waals surface area contributed by atoms with E-state index in [2.05, 4.69) is 0 Å². The number of likely N-dealkylation sites (N-methyl/N-ethyl adjacent to an activating group) is 1. The average molecular weight is 347 g/mol. The number of nitrogens with zero attached hydrogens (tertiary/aromatic N) is 2. The Morgan fingerprint density at radius 2 is 1.92 bits per heavy atom. The molecule has 2 aromatic carbocycles. The molecule has 0 heterocycles. The number of hydrogen-bond acceptors (Lipinski definition) is 3. The van der Waals surface area contributed by atoms with E-state index in [9.17, 15) is 14.9 Å². The monoisotopic (exact) mass is 346 g/mol. The van der Waals surface area contributed by atoms with Crippen LogP contribution >= 0.6 is 11.6 Å². The van der Waals surface area contributed by atoms with E-state index in [-0.39, 0.29) is 24.1 Å². The quantitative estimate of drug-likeness (QED) is 0.575. The van der Waals surface area contributed by atoms with Crippen molar-refractivity contribution in [3.05, 3.63) is 74.8 Å². The summed E-state index contributed by atoms with van der Waals surface area (Å²) in [7, 11) is 1.68. The second-order valence-corrected chi connectivity index (χ2v) is 6.01. The highest BCUT2D eigenvalue weighted by atomic mass is 35.5. The number of halogens is 1. The molecule has 0 bridgehead atoms. The predicted octanol–water partition coefficient (Wildman–Crippen LogP) is 4.40. The van der Waals surface area contributed by atoms with E-state index in [1.165, 1.54) is 18.2 Å². The Balaban J connectivity index is 2.19. The molecule has 2 rings (SSSR count). The van der Waals surface area contributed by atoms with Crippen LogP contribution in [0.2, 0.25) is 5.02 Å². The molecule has 126 valence electrons. The molecule has 0 spiro atoms. The molecule has 0 saturated carbocycles. The van der Waals surface area contributed by atoms with Gasteiger partial charge in [-0.2, -0.15) is 0 Å². The molecule has 0 aliphatic heterocycles. The number of non-ortho nitro benzene ring substituents is 1. The summed E-state index contributed by atoms with van der Waals surface area (Å²) < 4.78 is 0. The number of amides is 1. The van der Waals surface area contributed by atoms with Crippen molar-refractivity contribution in [2.24, 2.45) is 0 Å². The van der Waals surface area contributed by atoms with Gasteiger partial charge >= 0.3 is 0 Å². The van der Waals surface area contributed by atoms with Gasteiger partial charge in [0.05, 0.1) is 10.8 Å². The molecule has 0 saturated heterocycles. The fourth-order valence-corrected chi connectivity index (χ4v) is 2.81. The number of carbonyl (C=O) groups excluding carboxylic acids is 1. The Hall–Kier alpha value is -2.40. The third-order valence-corrected chi connectivity index (χ3v) is 4.30. The molecule has 1 atom stereocenters. The van der Waals surface area contributed by atoms with Crippen molar-refractivity contribution in [2.75, 3.05) is 7.05 Å². The molecular formula is C18H19ClN2O3. The lowest BCUT2D eigenvalue weighted by molar-refractivity contribution is -0.384. The first kappa shape index (κ1) is 17.9. The summed E-state index contributed by atoms with van der Waals surface area (Å²) in [4.78, 5) is 24.8. The van der Waals surface area contributed by atoms with Crippen LogP contribution in [0, 0.1) is 10.1 Å². The molecule has 5 nitrogen and oxygen atoms in total. The molecule has 0 aromatic heterocycles. The summed E-state index contributed by atoms with van der Waals surface area (Å²) in [5, 5.41) is 11.3. The summed E-state index contributed by atoms with van der Waals surface area (Å²) >= 11 is 6.12. The van der Waals surface area contributed by atoms with Crippen LogP contribution in [0.5, 0.6) is 0 Å². The first-order valence-electron chi connectivity index (χ1n) is 7.66. The van der Waals surface area contributed by atoms with Crippen molar-refractivity contribution in [3.8, 4) is 0 Å². The largest absolute Gasteiger partial charge is 0.341 e. The maximum Gasteiger partial charge on any atom is 0.269 e. The number of rotatable bonds is 6. The van der Waals surface area contributed by atoms with Crippen LogP contribution in [0.4, 0.5) is 5.69 Å². The summed E-state index contributed by atoms with van der Waals surface area (Å²) in [5.41, 5.74) is 1.48. The van der Waals surface area contributed by atoms with Gasteiger partial charge in [0.2, 0.25) is 5.91 Å². The van der Waals surface area contributed by atoms with Crippen LogP contribution < -0.4 is 0 Å². The second kappa shape index (κ2) is 7.93. The van der Waals surface area contributed by atoms with Crippen LogP contribution in [0.1, 0.15) is 30.4 Å². The number of hydrogen-bond donors (Lipinski definition) is 0. The Labute approximate surface area is 146 Å². The molecule has 24 heavy (non-hydrogen) atoms. The van der Waals surface area contributed by atoms with Gasteiger partial charge in [0.15, 0.2) is 0 Å². The van der Waals surface area contributed by atoms with Gasteiger partial charge in [-0.1, -0.05) is 48.9 Å². The van der Waals surface area contributed by atoms with Crippen LogP contribution in [0.25, 0.3) is 0 Å². The maximum atomic E-state index is 12.8. The topological polar surface area (TPSA) is 63.5 Å². The maximum absolute atomic E-state index is 12.8. The van der Waals surface area contributed by atoms with Crippen LogP contribution in [0.15, 0.2) is 48.5 Å². The zero-order valence-electron chi connectivity index (χ0n) is 13.6.